The summed E-state index contributed by atoms with van der Waals surface area (Å²) in [5.74, 6) is -1.18. The third kappa shape index (κ3) is 8.08. The molecule has 0 aliphatic carbocycles. The van der Waals surface area contributed by atoms with E-state index in [2.05, 4.69) is 0 Å². The van der Waals surface area contributed by atoms with Gasteiger partial charge < -0.3 is 78.1 Å². The zero-order valence-corrected chi connectivity index (χ0v) is 30.1. The molecule has 2 aliphatic heterocycles. The summed E-state index contributed by atoms with van der Waals surface area (Å²) in [6.07, 6.45) is -8.03. The monoisotopic (exact) mass is 784 g/mol. The number of phenolic OH excluding ortho intramolecular Hbond substituents is 2. The minimum Gasteiger partial charge on any atom is -0.508 e. The third-order valence-corrected chi connectivity index (χ3v) is 9.25. The van der Waals surface area contributed by atoms with Gasteiger partial charge in [-0.05, 0) is 41.5 Å². The van der Waals surface area contributed by atoms with Crippen molar-refractivity contribution >= 4 is 23.0 Å². The quantitative estimate of drug-likeness (QED) is 0.0730. The Morgan fingerprint density at radius 1 is 0.893 bits per heavy atom. The lowest BCUT2D eigenvalue weighted by Gasteiger charge is -2.40. The maximum absolute atomic E-state index is 13.7. The fourth-order valence-electron chi connectivity index (χ4n) is 6.13. The average Bonchev–Trinajstić information content (AvgIpc) is 3.48. The molecule has 3 aromatic carbocycles. The van der Waals surface area contributed by atoms with Crippen molar-refractivity contribution in [2.75, 3.05) is 41.2 Å². The first-order valence-electron chi connectivity index (χ1n) is 17.0. The van der Waals surface area contributed by atoms with Crippen molar-refractivity contribution in [3.8, 4) is 45.6 Å². The van der Waals surface area contributed by atoms with Crippen LogP contribution < -0.4 is 24.4 Å². The third-order valence-electron chi connectivity index (χ3n) is 9.25. The molecule has 0 radical (unpaired) electrons. The minimum absolute atomic E-state index is 0.0335. The Hall–Kier alpha value is -5.44. The second kappa shape index (κ2) is 16.7. The van der Waals surface area contributed by atoms with Gasteiger partial charge in [0.15, 0.2) is 34.9 Å². The highest BCUT2D eigenvalue weighted by molar-refractivity contribution is 5.92. The number of hydrogen-bond donors (Lipinski definition) is 7. The number of esters is 1. The molecule has 2 fully saturated rings. The van der Waals surface area contributed by atoms with E-state index < -0.39 is 79.9 Å². The molecule has 2 saturated heterocycles. The highest BCUT2D eigenvalue weighted by Crippen LogP contribution is 2.44. The van der Waals surface area contributed by atoms with Gasteiger partial charge in [0, 0.05) is 12.1 Å². The molecular weight excluding hydrogens is 744 g/mol. The van der Waals surface area contributed by atoms with Gasteiger partial charge in [-0.15, -0.1) is 0 Å². The summed E-state index contributed by atoms with van der Waals surface area (Å²) < 4.78 is 49.7. The first kappa shape index (κ1) is 40.2. The van der Waals surface area contributed by atoms with Crippen LogP contribution in [0.2, 0.25) is 0 Å². The van der Waals surface area contributed by atoms with Crippen LogP contribution in [0.5, 0.6) is 34.5 Å². The number of aliphatic hydroxyl groups is 5. The lowest BCUT2D eigenvalue weighted by atomic mass is 9.99. The molecular formula is C38H40O18. The standard InChI is InChI=1S/C38H40O18/c1-48-23-10-7-19(12-22(23)40)21-14-51-24-13-25(33(49-2)34(50-3)28(24)29(21)42)55-36-32(45)31(44)30(43)26(56-36)15-52-37-35(46)38(47,17-54-37)16-53-27(41)11-6-18-4-8-20(39)9-5-18/h4-14,26,30-32,35-37,39-40,43-47H,15-17H2,1-3H3/t26-,30-,31+,32-,35+,36-,37-,38-/m1/s1. The fourth-order valence-corrected chi connectivity index (χ4v) is 6.13. The van der Waals surface area contributed by atoms with Crippen molar-refractivity contribution in [2.24, 2.45) is 0 Å². The zero-order valence-electron chi connectivity index (χ0n) is 30.1. The van der Waals surface area contributed by atoms with Crippen LogP contribution in [-0.4, -0.2) is 132 Å². The molecule has 4 aromatic rings. The second-order valence-corrected chi connectivity index (χ2v) is 12.9. The maximum atomic E-state index is 13.7. The van der Waals surface area contributed by atoms with Crippen molar-refractivity contribution in [2.45, 2.75) is 48.7 Å². The Kier molecular flexibility index (Phi) is 12.0. The Bertz CT molecular complexity index is 2110. The molecule has 300 valence electrons. The Morgan fingerprint density at radius 3 is 2.30 bits per heavy atom. The number of carbonyl (C=O) groups is 1. The maximum Gasteiger partial charge on any atom is 0.330 e. The van der Waals surface area contributed by atoms with Gasteiger partial charge in [-0.25, -0.2) is 4.79 Å². The second-order valence-electron chi connectivity index (χ2n) is 12.9. The van der Waals surface area contributed by atoms with Crippen molar-refractivity contribution in [1.82, 2.24) is 0 Å². The van der Waals surface area contributed by atoms with E-state index in [1.807, 2.05) is 0 Å². The predicted molar refractivity (Wildman–Crippen MR) is 191 cm³/mol. The fraction of sp³-hybridized carbons (Fsp3) is 0.368. The summed E-state index contributed by atoms with van der Waals surface area (Å²) in [5, 5.41) is 73.6. The normalized spacial score (nSPS) is 26.3. The van der Waals surface area contributed by atoms with Crippen LogP contribution in [0.15, 0.2) is 70.1 Å². The Balaban J connectivity index is 1.14. The molecule has 0 unspecified atom stereocenters. The van der Waals surface area contributed by atoms with Crippen molar-refractivity contribution in [1.29, 1.82) is 0 Å². The summed E-state index contributed by atoms with van der Waals surface area (Å²) in [6.45, 7) is -1.73. The molecule has 56 heavy (non-hydrogen) atoms. The van der Waals surface area contributed by atoms with Gasteiger partial charge in [-0.3, -0.25) is 4.79 Å². The average molecular weight is 785 g/mol. The van der Waals surface area contributed by atoms with Crippen molar-refractivity contribution < 1.29 is 82.9 Å². The van der Waals surface area contributed by atoms with E-state index in [1.165, 1.54) is 64.0 Å². The van der Waals surface area contributed by atoms with Crippen molar-refractivity contribution in [3.05, 3.63) is 76.7 Å². The molecule has 0 bridgehead atoms. The summed E-state index contributed by atoms with van der Waals surface area (Å²) >= 11 is 0. The van der Waals surface area contributed by atoms with E-state index >= 15 is 0 Å². The summed E-state index contributed by atoms with van der Waals surface area (Å²) in [7, 11) is 3.92. The lowest BCUT2D eigenvalue weighted by molar-refractivity contribution is -0.289. The number of rotatable bonds is 13. The highest BCUT2D eigenvalue weighted by atomic mass is 16.7. The summed E-state index contributed by atoms with van der Waals surface area (Å²) in [5.41, 5.74) is -1.66. The van der Waals surface area contributed by atoms with E-state index in [0.717, 1.165) is 6.08 Å². The van der Waals surface area contributed by atoms with Gasteiger partial charge in [0.1, 0.15) is 60.1 Å². The molecule has 18 heteroatoms. The molecule has 8 atom stereocenters. The number of phenols is 2. The van der Waals surface area contributed by atoms with Crippen molar-refractivity contribution in [3.63, 3.8) is 0 Å². The first-order chi connectivity index (χ1) is 26.8. The van der Waals surface area contributed by atoms with E-state index in [1.54, 1.807) is 18.2 Å². The Morgan fingerprint density at radius 2 is 1.62 bits per heavy atom. The first-order valence-corrected chi connectivity index (χ1v) is 17.0. The van der Waals surface area contributed by atoms with Crippen LogP contribution in [-0.2, 0) is 23.7 Å². The predicted octanol–water partition coefficient (Wildman–Crippen LogP) is 0.805. The summed E-state index contributed by atoms with van der Waals surface area (Å²) in [4.78, 5) is 26.0. The molecule has 1 aromatic heterocycles. The highest BCUT2D eigenvalue weighted by Gasteiger charge is 2.51. The van der Waals surface area contributed by atoms with Gasteiger partial charge >= 0.3 is 5.97 Å². The number of aromatic hydroxyl groups is 2. The van der Waals surface area contributed by atoms with E-state index in [9.17, 15) is 45.3 Å². The molecule has 6 rings (SSSR count). The van der Waals surface area contributed by atoms with Crippen LogP contribution in [0, 0.1) is 0 Å². The number of carbonyl (C=O) groups excluding carboxylic acids is 1. The molecule has 0 saturated carbocycles. The molecule has 0 spiro atoms. The van der Waals surface area contributed by atoms with Crippen LogP contribution >= 0.6 is 0 Å². The largest absolute Gasteiger partial charge is 0.508 e. The van der Waals surface area contributed by atoms with E-state index in [-0.39, 0.29) is 51.0 Å². The topological polar surface area (TPSA) is 263 Å². The summed E-state index contributed by atoms with van der Waals surface area (Å²) in [6, 6.07) is 11.6. The van der Waals surface area contributed by atoms with Gasteiger partial charge in [0.2, 0.25) is 17.5 Å². The number of fused-ring (bicyclic) bond motifs is 1. The van der Waals surface area contributed by atoms with Crippen LogP contribution in [0.3, 0.4) is 0 Å². The van der Waals surface area contributed by atoms with E-state index in [4.69, 9.17) is 42.3 Å². The Labute approximate surface area is 317 Å². The van der Waals surface area contributed by atoms with Crippen LogP contribution in [0.1, 0.15) is 5.56 Å². The van der Waals surface area contributed by atoms with Crippen LogP contribution in [0.4, 0.5) is 0 Å². The SMILES string of the molecule is COc1ccc(-c2coc3cc(O[C@@H]4O[C@H](CO[C@@H]5OC[C@](O)(COC(=O)C=Cc6ccc(O)cc6)[C@H]5O)[C@@H](O)[C@H](O)[C@H]4O)c(OC)c(OC)c3c2=O)cc1O. The van der Waals surface area contributed by atoms with Gasteiger partial charge in [0.25, 0.3) is 0 Å². The number of aliphatic hydroxyl groups excluding tert-OH is 4. The zero-order chi connectivity index (χ0) is 40.3. The number of benzene rings is 3. The molecule has 7 N–H and O–H groups in total. The smallest absolute Gasteiger partial charge is 0.330 e. The number of ether oxygens (including phenoxy) is 8. The molecule has 0 amide bonds. The van der Waals surface area contributed by atoms with Gasteiger partial charge in [0.05, 0.1) is 40.1 Å². The number of methoxy groups -OCH3 is 3. The lowest BCUT2D eigenvalue weighted by Crippen LogP contribution is -2.60. The van der Waals surface area contributed by atoms with Gasteiger partial charge in [-0.1, -0.05) is 18.2 Å². The van der Waals surface area contributed by atoms with Crippen LogP contribution in [0.25, 0.3) is 28.2 Å². The number of hydrogen-bond acceptors (Lipinski definition) is 18. The molecule has 18 nitrogen and oxygen atoms in total. The molecule has 2 aliphatic rings. The van der Waals surface area contributed by atoms with Gasteiger partial charge in [-0.2, -0.15) is 0 Å². The molecule has 3 heterocycles. The van der Waals surface area contributed by atoms with E-state index in [0.29, 0.717) is 11.1 Å². The minimum atomic E-state index is -2.07.